The molecular weight excluding hydrogens is 308 g/mol. The van der Waals surface area contributed by atoms with Gasteiger partial charge in [-0.2, -0.15) is 16.9 Å². The van der Waals surface area contributed by atoms with E-state index < -0.39 is 10.0 Å². The van der Waals surface area contributed by atoms with Gasteiger partial charge in [0.1, 0.15) is 4.90 Å². The van der Waals surface area contributed by atoms with Crippen LogP contribution in [-0.2, 0) is 16.6 Å². The van der Waals surface area contributed by atoms with Crippen molar-refractivity contribution in [1.29, 1.82) is 0 Å². The lowest BCUT2D eigenvalue weighted by atomic mass is 10.4. The van der Waals surface area contributed by atoms with E-state index >= 15 is 0 Å². The lowest BCUT2D eigenvalue weighted by molar-refractivity contribution is 0.539. The largest absolute Gasteiger partial charge is 0.312 e. The highest BCUT2D eigenvalue weighted by atomic mass is 32.2. The van der Waals surface area contributed by atoms with Crippen molar-refractivity contribution < 1.29 is 8.42 Å². The van der Waals surface area contributed by atoms with E-state index in [1.165, 1.54) is 12.8 Å². The minimum Gasteiger partial charge on any atom is -0.312 e. The van der Waals surface area contributed by atoms with Crippen LogP contribution in [0.15, 0.2) is 4.90 Å². The van der Waals surface area contributed by atoms with Gasteiger partial charge in [-0.25, -0.2) is 13.1 Å². The number of sulfonamides is 1. The quantitative estimate of drug-likeness (QED) is 0.657. The summed E-state index contributed by atoms with van der Waals surface area (Å²) in [7, 11) is -3.47. The van der Waals surface area contributed by atoms with Crippen LogP contribution in [0.3, 0.4) is 0 Å². The Kier molecular flexibility index (Phi) is 5.70. The fraction of sp³-hybridized carbons (Fsp3) is 0.769. The predicted molar refractivity (Wildman–Crippen MR) is 86.3 cm³/mol. The molecule has 0 radical (unpaired) electrons. The van der Waals surface area contributed by atoms with Gasteiger partial charge in [0, 0.05) is 24.9 Å². The zero-order valence-electron chi connectivity index (χ0n) is 12.8. The molecule has 0 aliphatic heterocycles. The SMILES string of the molecule is CSCCNS(=O)(=O)c1c(C)nn(CCNC2CC2)c1C. The van der Waals surface area contributed by atoms with Gasteiger partial charge in [-0.05, 0) is 32.9 Å². The molecule has 1 aromatic rings. The second-order valence-corrected chi connectivity index (χ2v) is 8.03. The van der Waals surface area contributed by atoms with Gasteiger partial charge in [-0.15, -0.1) is 0 Å². The lowest BCUT2D eigenvalue weighted by Gasteiger charge is -2.08. The average Bonchev–Trinajstić information content (AvgIpc) is 3.16. The molecule has 0 aromatic carbocycles. The second-order valence-electron chi connectivity index (χ2n) is 5.34. The van der Waals surface area contributed by atoms with E-state index in [1.807, 2.05) is 13.2 Å². The van der Waals surface area contributed by atoms with Crippen molar-refractivity contribution >= 4 is 21.8 Å². The Hall–Kier alpha value is -0.570. The highest BCUT2D eigenvalue weighted by Crippen LogP contribution is 2.20. The fourth-order valence-corrected chi connectivity index (χ4v) is 4.17. The lowest BCUT2D eigenvalue weighted by Crippen LogP contribution is -2.27. The van der Waals surface area contributed by atoms with Crippen molar-refractivity contribution in [2.75, 3.05) is 25.1 Å². The van der Waals surface area contributed by atoms with Gasteiger partial charge in [0.15, 0.2) is 0 Å². The van der Waals surface area contributed by atoms with Crippen LogP contribution in [0, 0.1) is 13.8 Å². The molecule has 0 unspecified atom stereocenters. The van der Waals surface area contributed by atoms with Gasteiger partial charge in [-0.3, -0.25) is 4.68 Å². The summed E-state index contributed by atoms with van der Waals surface area (Å²) in [5.74, 6) is 0.761. The monoisotopic (exact) mass is 332 g/mol. The van der Waals surface area contributed by atoms with Crippen LogP contribution in [0.25, 0.3) is 0 Å². The molecular formula is C13H24N4O2S2. The van der Waals surface area contributed by atoms with Crippen molar-refractivity contribution in [1.82, 2.24) is 19.8 Å². The van der Waals surface area contributed by atoms with Crippen molar-refractivity contribution in [3.63, 3.8) is 0 Å². The smallest absolute Gasteiger partial charge is 0.244 e. The molecule has 2 rings (SSSR count). The molecule has 1 aliphatic carbocycles. The minimum absolute atomic E-state index is 0.329. The number of rotatable bonds is 9. The highest BCUT2D eigenvalue weighted by molar-refractivity contribution is 7.98. The molecule has 120 valence electrons. The molecule has 1 heterocycles. The number of nitrogens with one attached hydrogen (secondary N) is 2. The van der Waals surface area contributed by atoms with Crippen molar-refractivity contribution in [3.8, 4) is 0 Å². The Morgan fingerprint density at radius 1 is 1.33 bits per heavy atom. The number of hydrogen-bond acceptors (Lipinski definition) is 5. The van der Waals surface area contributed by atoms with Crippen LogP contribution in [0.5, 0.6) is 0 Å². The summed E-state index contributed by atoms with van der Waals surface area (Å²) in [5, 5.41) is 7.79. The highest BCUT2D eigenvalue weighted by Gasteiger charge is 2.24. The van der Waals surface area contributed by atoms with E-state index in [-0.39, 0.29) is 0 Å². The summed E-state index contributed by atoms with van der Waals surface area (Å²) in [5.41, 5.74) is 1.28. The number of nitrogens with zero attached hydrogens (tertiary/aromatic N) is 2. The van der Waals surface area contributed by atoms with Gasteiger partial charge in [0.25, 0.3) is 0 Å². The first-order valence-electron chi connectivity index (χ1n) is 7.21. The molecule has 1 fully saturated rings. The Bertz CT molecular complexity index is 579. The fourth-order valence-electron chi connectivity index (χ4n) is 2.30. The maximum atomic E-state index is 12.4. The topological polar surface area (TPSA) is 76.0 Å². The standard InChI is InChI=1S/C13H24N4O2S2/c1-10-13(21(18,19)15-7-9-20-3)11(2)17(16-10)8-6-14-12-4-5-12/h12,14-15H,4-9H2,1-3H3. The molecule has 6 nitrogen and oxygen atoms in total. The number of hydrogen-bond donors (Lipinski definition) is 2. The molecule has 8 heteroatoms. The molecule has 2 N–H and O–H groups in total. The Balaban J connectivity index is 2.05. The van der Waals surface area contributed by atoms with E-state index in [2.05, 4.69) is 15.1 Å². The van der Waals surface area contributed by atoms with Crippen molar-refractivity contribution in [3.05, 3.63) is 11.4 Å². The Morgan fingerprint density at radius 3 is 2.67 bits per heavy atom. The normalized spacial score (nSPS) is 15.6. The summed E-state index contributed by atoms with van der Waals surface area (Å²) in [6, 6.07) is 0.651. The number of aryl methyl sites for hydroxylation is 1. The van der Waals surface area contributed by atoms with Crippen LogP contribution < -0.4 is 10.0 Å². The molecule has 1 saturated carbocycles. The summed E-state index contributed by atoms with van der Waals surface area (Å²) in [4.78, 5) is 0.329. The van der Waals surface area contributed by atoms with Gasteiger partial charge >= 0.3 is 0 Å². The third kappa shape index (κ3) is 4.45. The third-order valence-electron chi connectivity index (χ3n) is 3.52. The molecule has 0 bridgehead atoms. The zero-order chi connectivity index (χ0) is 15.5. The number of aromatic nitrogens is 2. The van der Waals surface area contributed by atoms with Gasteiger partial charge in [0.05, 0.1) is 17.9 Å². The summed E-state index contributed by atoms with van der Waals surface area (Å²) in [6.07, 6.45) is 4.45. The maximum absolute atomic E-state index is 12.4. The summed E-state index contributed by atoms with van der Waals surface area (Å²) in [6.45, 7) is 5.54. The van der Waals surface area contributed by atoms with Crippen LogP contribution in [-0.4, -0.2) is 49.3 Å². The Morgan fingerprint density at radius 2 is 2.05 bits per heavy atom. The molecule has 0 atom stereocenters. The number of thioether (sulfide) groups is 1. The molecule has 0 amide bonds. The summed E-state index contributed by atoms with van der Waals surface area (Å²) < 4.78 is 29.2. The van der Waals surface area contributed by atoms with E-state index in [1.54, 1.807) is 23.4 Å². The van der Waals surface area contributed by atoms with E-state index in [0.717, 1.165) is 12.3 Å². The predicted octanol–water partition coefficient (Wildman–Crippen LogP) is 0.893. The van der Waals surface area contributed by atoms with Gasteiger partial charge in [-0.1, -0.05) is 0 Å². The van der Waals surface area contributed by atoms with E-state index in [0.29, 0.717) is 35.4 Å². The molecule has 1 aliphatic rings. The molecule has 1 aromatic heterocycles. The first-order chi connectivity index (χ1) is 9.95. The summed E-state index contributed by atoms with van der Waals surface area (Å²) >= 11 is 1.61. The second kappa shape index (κ2) is 7.13. The maximum Gasteiger partial charge on any atom is 0.244 e. The van der Waals surface area contributed by atoms with Crippen molar-refractivity contribution in [2.45, 2.75) is 44.2 Å². The van der Waals surface area contributed by atoms with Crippen LogP contribution >= 0.6 is 11.8 Å². The first kappa shape index (κ1) is 16.8. The Labute approximate surface area is 131 Å². The van der Waals surface area contributed by atoms with Crippen LogP contribution in [0.2, 0.25) is 0 Å². The first-order valence-corrected chi connectivity index (χ1v) is 10.1. The van der Waals surface area contributed by atoms with E-state index in [4.69, 9.17) is 0 Å². The average molecular weight is 332 g/mol. The van der Waals surface area contributed by atoms with E-state index in [9.17, 15) is 8.42 Å². The molecule has 21 heavy (non-hydrogen) atoms. The van der Waals surface area contributed by atoms with Crippen LogP contribution in [0.1, 0.15) is 24.2 Å². The van der Waals surface area contributed by atoms with Crippen LogP contribution in [0.4, 0.5) is 0 Å². The molecule has 0 spiro atoms. The molecule has 0 saturated heterocycles. The van der Waals surface area contributed by atoms with Crippen molar-refractivity contribution in [2.24, 2.45) is 0 Å². The minimum atomic E-state index is -3.47. The van der Waals surface area contributed by atoms with Gasteiger partial charge < -0.3 is 5.32 Å². The third-order valence-corrected chi connectivity index (χ3v) is 5.84. The zero-order valence-corrected chi connectivity index (χ0v) is 14.5. The van der Waals surface area contributed by atoms with Gasteiger partial charge in [0.2, 0.25) is 10.0 Å².